The lowest BCUT2D eigenvalue weighted by atomic mass is 10.1. The summed E-state index contributed by atoms with van der Waals surface area (Å²) in [6, 6.07) is 8.04. The van der Waals surface area contributed by atoms with E-state index >= 15 is 0 Å². The van der Waals surface area contributed by atoms with Crippen LogP contribution in [0.25, 0.3) is 0 Å². The van der Waals surface area contributed by atoms with Gasteiger partial charge >= 0.3 is 0 Å². The van der Waals surface area contributed by atoms with Crippen LogP contribution in [-0.2, 0) is 9.47 Å². The summed E-state index contributed by atoms with van der Waals surface area (Å²) in [4.78, 5) is 0. The average Bonchev–Trinajstić information content (AvgIpc) is 2.34. The molecule has 0 saturated heterocycles. The Bertz CT molecular complexity index is 333. The summed E-state index contributed by atoms with van der Waals surface area (Å²) in [5.41, 5.74) is 1.10. The van der Waals surface area contributed by atoms with Gasteiger partial charge in [-0.25, -0.2) is 0 Å². The second-order valence-electron chi connectivity index (χ2n) is 3.96. The highest BCUT2D eigenvalue weighted by Gasteiger charge is 2.12. The number of rotatable bonds is 7. The summed E-state index contributed by atoms with van der Waals surface area (Å²) in [6.45, 7) is 3.40. The molecule has 0 spiro atoms. The molecule has 0 aliphatic carbocycles. The first-order valence-corrected chi connectivity index (χ1v) is 6.06. The van der Waals surface area contributed by atoms with Gasteiger partial charge < -0.3 is 14.8 Å². The van der Waals surface area contributed by atoms with Gasteiger partial charge in [-0.3, -0.25) is 0 Å². The van der Waals surface area contributed by atoms with Gasteiger partial charge in [0.25, 0.3) is 0 Å². The third kappa shape index (κ3) is 4.64. The highest BCUT2D eigenvalue weighted by molar-refractivity contribution is 6.31. The maximum Gasteiger partial charge on any atom is 0.0928 e. The number of methoxy groups -OCH3 is 2. The van der Waals surface area contributed by atoms with Gasteiger partial charge in [0.1, 0.15) is 0 Å². The van der Waals surface area contributed by atoms with Gasteiger partial charge in [0.05, 0.1) is 12.7 Å². The maximum atomic E-state index is 6.13. The Labute approximate surface area is 108 Å². The van der Waals surface area contributed by atoms with Crippen molar-refractivity contribution in [2.75, 3.05) is 27.4 Å². The minimum atomic E-state index is 0.0601. The molecule has 1 aromatic rings. The van der Waals surface area contributed by atoms with Gasteiger partial charge in [-0.2, -0.15) is 0 Å². The monoisotopic (exact) mass is 257 g/mol. The molecule has 1 aromatic carbocycles. The van der Waals surface area contributed by atoms with Crippen LogP contribution in [0.4, 0.5) is 0 Å². The van der Waals surface area contributed by atoms with Crippen LogP contribution in [0.5, 0.6) is 0 Å². The minimum Gasteiger partial charge on any atom is -0.382 e. The fraction of sp³-hybridized carbons (Fsp3) is 0.538. The van der Waals surface area contributed by atoms with Gasteiger partial charge in [-0.1, -0.05) is 29.8 Å². The predicted molar refractivity (Wildman–Crippen MR) is 70.5 cm³/mol. The Morgan fingerprint density at radius 2 is 2.00 bits per heavy atom. The average molecular weight is 258 g/mol. The van der Waals surface area contributed by atoms with E-state index in [1.54, 1.807) is 14.2 Å². The summed E-state index contributed by atoms with van der Waals surface area (Å²) >= 11 is 6.13. The highest BCUT2D eigenvalue weighted by Crippen LogP contribution is 2.21. The zero-order valence-electron chi connectivity index (χ0n) is 10.6. The molecule has 4 heteroatoms. The number of benzene rings is 1. The second kappa shape index (κ2) is 7.67. The number of hydrogen-bond acceptors (Lipinski definition) is 3. The van der Waals surface area contributed by atoms with Crippen molar-refractivity contribution < 1.29 is 9.47 Å². The van der Waals surface area contributed by atoms with E-state index in [0.717, 1.165) is 17.1 Å². The van der Waals surface area contributed by atoms with E-state index in [1.165, 1.54) is 0 Å². The standard InChI is InChI=1S/C13H20ClNO2/c1-10(12-6-4-5-7-13(12)14)15-8-11(17-3)9-16-2/h4-7,10-11,15H,8-9H2,1-3H3. The summed E-state index contributed by atoms with van der Waals surface area (Å²) in [5.74, 6) is 0. The fourth-order valence-electron chi connectivity index (χ4n) is 1.64. The molecule has 0 aromatic heterocycles. The van der Waals surface area contributed by atoms with Crippen molar-refractivity contribution in [2.24, 2.45) is 0 Å². The Morgan fingerprint density at radius 1 is 1.29 bits per heavy atom. The molecule has 1 N–H and O–H groups in total. The van der Waals surface area contributed by atoms with Crippen LogP contribution in [0.15, 0.2) is 24.3 Å². The molecular formula is C13H20ClNO2. The topological polar surface area (TPSA) is 30.5 Å². The van der Waals surface area contributed by atoms with Crippen molar-refractivity contribution in [3.63, 3.8) is 0 Å². The van der Waals surface area contributed by atoms with Crippen LogP contribution < -0.4 is 5.32 Å². The minimum absolute atomic E-state index is 0.0601. The molecule has 0 heterocycles. The summed E-state index contributed by atoms with van der Waals surface area (Å²) < 4.78 is 10.4. The van der Waals surface area contributed by atoms with Crippen molar-refractivity contribution >= 4 is 11.6 Å². The van der Waals surface area contributed by atoms with Crippen molar-refractivity contribution in [1.82, 2.24) is 5.32 Å². The van der Waals surface area contributed by atoms with Gasteiger partial charge in [0.2, 0.25) is 0 Å². The van der Waals surface area contributed by atoms with Crippen molar-refractivity contribution in [3.05, 3.63) is 34.9 Å². The molecule has 17 heavy (non-hydrogen) atoms. The fourth-order valence-corrected chi connectivity index (χ4v) is 1.94. The Kier molecular flexibility index (Phi) is 6.52. The third-order valence-electron chi connectivity index (χ3n) is 2.71. The summed E-state index contributed by atoms with van der Waals surface area (Å²) in [5, 5.41) is 4.17. The van der Waals surface area contributed by atoms with Gasteiger partial charge in [-0.15, -0.1) is 0 Å². The number of hydrogen-bond donors (Lipinski definition) is 1. The molecule has 0 saturated carbocycles. The molecule has 0 radical (unpaired) electrons. The van der Waals surface area contributed by atoms with Gasteiger partial charge in [-0.05, 0) is 18.6 Å². The lowest BCUT2D eigenvalue weighted by Gasteiger charge is -2.20. The van der Waals surface area contributed by atoms with E-state index in [1.807, 2.05) is 24.3 Å². The highest BCUT2D eigenvalue weighted by atomic mass is 35.5. The van der Waals surface area contributed by atoms with E-state index in [4.69, 9.17) is 21.1 Å². The zero-order chi connectivity index (χ0) is 12.7. The predicted octanol–water partition coefficient (Wildman–Crippen LogP) is 2.65. The van der Waals surface area contributed by atoms with Crippen LogP contribution in [-0.4, -0.2) is 33.5 Å². The molecule has 96 valence electrons. The lowest BCUT2D eigenvalue weighted by molar-refractivity contribution is 0.0276. The van der Waals surface area contributed by atoms with Crippen LogP contribution in [0, 0.1) is 0 Å². The van der Waals surface area contributed by atoms with E-state index in [9.17, 15) is 0 Å². The molecule has 3 nitrogen and oxygen atoms in total. The molecular weight excluding hydrogens is 238 g/mol. The van der Waals surface area contributed by atoms with Crippen molar-refractivity contribution in [3.8, 4) is 0 Å². The summed E-state index contributed by atoms with van der Waals surface area (Å²) in [7, 11) is 3.36. The molecule has 2 atom stereocenters. The third-order valence-corrected chi connectivity index (χ3v) is 3.05. The molecule has 0 bridgehead atoms. The molecule has 0 aliphatic rings. The first-order chi connectivity index (χ1) is 8.19. The number of halogens is 1. The first-order valence-electron chi connectivity index (χ1n) is 5.68. The van der Waals surface area contributed by atoms with Crippen molar-refractivity contribution in [1.29, 1.82) is 0 Å². The lowest BCUT2D eigenvalue weighted by Crippen LogP contribution is -2.33. The van der Waals surface area contributed by atoms with Crippen LogP contribution in [0.1, 0.15) is 18.5 Å². The molecule has 1 rings (SSSR count). The van der Waals surface area contributed by atoms with Crippen LogP contribution in [0.3, 0.4) is 0 Å². The van der Waals surface area contributed by atoms with Crippen LogP contribution >= 0.6 is 11.6 Å². The van der Waals surface area contributed by atoms with E-state index < -0.39 is 0 Å². The van der Waals surface area contributed by atoms with E-state index in [0.29, 0.717) is 6.61 Å². The van der Waals surface area contributed by atoms with E-state index in [-0.39, 0.29) is 12.1 Å². The molecule has 2 unspecified atom stereocenters. The Hall–Kier alpha value is -0.610. The first kappa shape index (κ1) is 14.5. The normalized spacial score (nSPS) is 14.6. The SMILES string of the molecule is COCC(CNC(C)c1ccccc1Cl)OC. The van der Waals surface area contributed by atoms with Crippen molar-refractivity contribution in [2.45, 2.75) is 19.1 Å². The molecule has 0 aliphatic heterocycles. The largest absolute Gasteiger partial charge is 0.382 e. The van der Waals surface area contributed by atoms with Crippen LogP contribution in [0.2, 0.25) is 5.02 Å². The Morgan fingerprint density at radius 3 is 2.59 bits per heavy atom. The quantitative estimate of drug-likeness (QED) is 0.815. The number of ether oxygens (including phenoxy) is 2. The second-order valence-corrected chi connectivity index (χ2v) is 4.37. The maximum absolute atomic E-state index is 6.13. The molecule has 0 fully saturated rings. The molecule has 0 amide bonds. The number of nitrogens with one attached hydrogen (secondary N) is 1. The zero-order valence-corrected chi connectivity index (χ0v) is 11.3. The van der Waals surface area contributed by atoms with Gasteiger partial charge in [0, 0.05) is 31.8 Å². The Balaban J connectivity index is 2.49. The smallest absolute Gasteiger partial charge is 0.0928 e. The van der Waals surface area contributed by atoms with E-state index in [2.05, 4.69) is 12.2 Å². The summed E-state index contributed by atoms with van der Waals surface area (Å²) in [6.07, 6.45) is 0.0601. The van der Waals surface area contributed by atoms with Gasteiger partial charge in [0.15, 0.2) is 0 Å².